The van der Waals surface area contributed by atoms with Gasteiger partial charge in [0.1, 0.15) is 26.4 Å². The predicted octanol–water partition coefficient (Wildman–Crippen LogP) is 2.85. The molecule has 8 heteroatoms. The van der Waals surface area contributed by atoms with Crippen LogP contribution in [-0.2, 0) is 14.0 Å². The van der Waals surface area contributed by atoms with Crippen LogP contribution in [0.3, 0.4) is 0 Å². The van der Waals surface area contributed by atoms with Crippen LogP contribution in [0.25, 0.3) is 0 Å². The third-order valence-electron chi connectivity index (χ3n) is 2.24. The summed E-state index contributed by atoms with van der Waals surface area (Å²) in [4.78, 5) is 10.5. The van der Waals surface area contributed by atoms with E-state index in [1.165, 1.54) is 6.92 Å². The van der Waals surface area contributed by atoms with E-state index in [0.29, 0.717) is 0 Å². The summed E-state index contributed by atoms with van der Waals surface area (Å²) in [6, 6.07) is 0. The van der Waals surface area contributed by atoms with Crippen molar-refractivity contribution < 1.29 is 29.6 Å². The molecule has 1 unspecified atom stereocenters. The molecule has 0 aromatic rings. The number of aliphatic hydroxyl groups excluding tert-OH is 2. The first kappa shape index (κ1) is 40.4. The minimum absolute atomic E-state index is 0. The fourth-order valence-corrected chi connectivity index (χ4v) is 2.93. The zero-order valence-corrected chi connectivity index (χ0v) is 23.7. The van der Waals surface area contributed by atoms with Gasteiger partial charge in [0, 0.05) is 6.92 Å². The van der Waals surface area contributed by atoms with Crippen molar-refractivity contribution in [3.05, 3.63) is 0 Å². The molecule has 0 aliphatic carbocycles. The molecule has 0 spiro atoms. The Hall–Kier alpha value is -2.02. The summed E-state index contributed by atoms with van der Waals surface area (Å²) in [7, 11) is -2.71. The Balaban J connectivity index is -0.000000107. The number of ether oxygens (including phenoxy) is 1. The normalized spacial score (nSPS) is 12.9. The van der Waals surface area contributed by atoms with Gasteiger partial charge in [0.15, 0.2) is 14.4 Å². The molecule has 0 amide bonds. The van der Waals surface area contributed by atoms with Crippen molar-refractivity contribution in [1.29, 1.82) is 0 Å². The van der Waals surface area contributed by atoms with E-state index in [2.05, 4.69) is 81.4 Å². The summed E-state index contributed by atoms with van der Waals surface area (Å²) in [6.45, 7) is 21.0. The molecular weight excluding hydrogens is 440 g/mol. The molecule has 0 saturated carbocycles. The molecule has 0 rings (SSSR count). The van der Waals surface area contributed by atoms with Crippen molar-refractivity contribution in [1.82, 2.24) is 0 Å². The molecular formula is C24H44O6Si2. The highest BCUT2D eigenvalue weighted by Gasteiger charge is 2.16. The second-order valence-electron chi connectivity index (χ2n) is 8.50. The van der Waals surface area contributed by atoms with Crippen molar-refractivity contribution in [3.8, 4) is 48.5 Å². The number of carbonyl (C=O) groups is 1. The Morgan fingerprint density at radius 2 is 1.16 bits per heavy atom. The molecule has 0 aromatic heterocycles. The lowest BCUT2D eigenvalue weighted by Crippen LogP contribution is -2.29. The fourth-order valence-electron chi connectivity index (χ4n) is 1.16. The largest absolute Gasteiger partial charge is 0.450 e. The summed E-state index contributed by atoms with van der Waals surface area (Å²) in [6.07, 6.45) is 13.0. The maximum atomic E-state index is 10.5. The summed E-state index contributed by atoms with van der Waals surface area (Å²) >= 11 is 0. The molecule has 0 saturated heterocycles. The first-order chi connectivity index (χ1) is 13.8. The summed E-state index contributed by atoms with van der Waals surface area (Å²) in [5.41, 5.74) is 3.14. The number of hydrogen-bond donors (Lipinski definition) is 2. The zero-order valence-electron chi connectivity index (χ0n) is 21.7. The number of aliphatic hydroxyl groups is 2. The van der Waals surface area contributed by atoms with E-state index in [9.17, 15) is 4.79 Å². The van der Waals surface area contributed by atoms with Crippen molar-refractivity contribution in [2.45, 2.75) is 98.3 Å². The van der Waals surface area contributed by atoms with Crippen molar-refractivity contribution in [2.24, 2.45) is 0 Å². The van der Waals surface area contributed by atoms with Gasteiger partial charge in [-0.05, 0) is 47.3 Å². The van der Waals surface area contributed by atoms with Gasteiger partial charge in [-0.25, -0.2) is 0 Å². The average Bonchev–Trinajstić information content (AvgIpc) is 2.58. The molecule has 0 aliphatic heterocycles. The number of hydrogen-bond acceptors (Lipinski definition) is 5. The van der Waals surface area contributed by atoms with Crippen LogP contribution in [0.5, 0.6) is 0 Å². The van der Waals surface area contributed by atoms with Gasteiger partial charge >= 0.3 is 5.97 Å². The summed E-state index contributed by atoms with van der Waals surface area (Å²) in [5, 5.41) is 16.2. The van der Waals surface area contributed by atoms with Crippen LogP contribution >= 0.6 is 0 Å². The third kappa shape index (κ3) is 56.5. The molecule has 4 N–H and O–H groups in total. The zero-order chi connectivity index (χ0) is 25.8. The van der Waals surface area contributed by atoms with Crippen LogP contribution in [0.15, 0.2) is 0 Å². The first-order valence-electron chi connectivity index (χ1n) is 9.93. The van der Waals surface area contributed by atoms with Gasteiger partial charge in [-0.3, -0.25) is 4.79 Å². The van der Waals surface area contributed by atoms with Gasteiger partial charge in [-0.15, -0.1) is 24.8 Å². The Kier molecular flexibility index (Phi) is 28.0. The van der Waals surface area contributed by atoms with E-state index < -0.39 is 28.6 Å². The van der Waals surface area contributed by atoms with Gasteiger partial charge < -0.3 is 24.9 Å². The van der Waals surface area contributed by atoms with Crippen molar-refractivity contribution in [2.75, 3.05) is 0 Å². The molecule has 0 fully saturated rings. The lowest BCUT2D eigenvalue weighted by molar-refractivity contribution is -0.143. The number of rotatable bonds is 3. The molecule has 32 heavy (non-hydrogen) atoms. The van der Waals surface area contributed by atoms with E-state index in [1.54, 1.807) is 20.8 Å². The lowest BCUT2D eigenvalue weighted by Gasteiger charge is -2.19. The highest BCUT2D eigenvalue weighted by Crippen LogP contribution is 2.05. The van der Waals surface area contributed by atoms with Crippen LogP contribution in [-0.4, -0.2) is 62.5 Å². The topological polar surface area (TPSA) is 107 Å². The maximum absolute atomic E-state index is 10.5. The van der Waals surface area contributed by atoms with Crippen LogP contribution in [0.2, 0.25) is 39.3 Å². The summed E-state index contributed by atoms with van der Waals surface area (Å²) in [5.74, 6) is 9.35. The van der Waals surface area contributed by atoms with E-state index in [0.717, 1.165) is 0 Å². The molecule has 0 heterocycles. The van der Waals surface area contributed by atoms with E-state index in [1.807, 2.05) is 6.92 Å². The van der Waals surface area contributed by atoms with Gasteiger partial charge in [-0.2, -0.15) is 0 Å². The third-order valence-corrected chi connectivity index (χ3v) is 4.20. The second kappa shape index (κ2) is 22.2. The quantitative estimate of drug-likeness (QED) is 0.364. The highest BCUT2D eigenvalue weighted by atomic mass is 28.4. The SMILES string of the molecule is C#CC(C)O[Si](C)(C)C.C#C[C@@H](C)O.C#C[C@@H](C)O.CC(=O)O[C@H](C)C#C[Si](C)(C)C.O. The molecule has 6 nitrogen and oxygen atoms in total. The van der Waals surface area contributed by atoms with Gasteiger partial charge in [0.2, 0.25) is 0 Å². The first-order valence-corrected chi connectivity index (χ1v) is 16.8. The molecule has 184 valence electrons. The number of esters is 1. The van der Waals surface area contributed by atoms with E-state index in [4.69, 9.17) is 25.8 Å². The van der Waals surface area contributed by atoms with E-state index >= 15 is 0 Å². The Labute approximate surface area is 198 Å². The van der Waals surface area contributed by atoms with Crippen LogP contribution in [0.4, 0.5) is 0 Å². The van der Waals surface area contributed by atoms with Crippen LogP contribution in [0.1, 0.15) is 34.6 Å². The molecule has 0 aliphatic rings. The van der Waals surface area contributed by atoms with Gasteiger partial charge in [-0.1, -0.05) is 43.3 Å². The predicted molar refractivity (Wildman–Crippen MR) is 140 cm³/mol. The minimum atomic E-state index is -1.38. The average molecular weight is 485 g/mol. The van der Waals surface area contributed by atoms with Gasteiger partial charge in [0.25, 0.3) is 0 Å². The Morgan fingerprint density at radius 3 is 1.31 bits per heavy atom. The fraction of sp³-hybridized carbons (Fsp3) is 0.625. The van der Waals surface area contributed by atoms with Crippen molar-refractivity contribution >= 4 is 22.4 Å². The molecule has 0 bridgehead atoms. The smallest absolute Gasteiger partial charge is 0.303 e. The Morgan fingerprint density at radius 1 is 0.812 bits per heavy atom. The maximum Gasteiger partial charge on any atom is 0.303 e. The number of terminal acetylenes is 3. The molecule has 0 aromatic carbocycles. The Bertz CT molecular complexity index is 639. The number of carbonyl (C=O) groups excluding carboxylic acids is 1. The van der Waals surface area contributed by atoms with Crippen molar-refractivity contribution in [3.63, 3.8) is 0 Å². The highest BCUT2D eigenvalue weighted by molar-refractivity contribution is 6.83. The van der Waals surface area contributed by atoms with Gasteiger partial charge in [0.05, 0.1) is 0 Å². The monoisotopic (exact) mass is 484 g/mol. The standard InChI is InChI=1S/C9H16O2Si.C7H14OSi.2C4H6O.H2O/c1-8(11-9(2)10)6-7-12(3,4)5;1-6-7(2)8-9(3,4)5;2*1-3-4(2)5;/h8H,1-5H3;1,7H,2-5H3;2*1,4-5H,2H3;1H2/t8-;;2*4-;/m1.11./s1. The summed E-state index contributed by atoms with van der Waals surface area (Å²) < 4.78 is 10.3. The van der Waals surface area contributed by atoms with E-state index in [-0.39, 0.29) is 23.7 Å². The van der Waals surface area contributed by atoms with Crippen LogP contribution < -0.4 is 0 Å². The minimum Gasteiger partial charge on any atom is -0.450 e. The molecule has 0 radical (unpaired) electrons. The van der Waals surface area contributed by atoms with Crippen LogP contribution in [0, 0.1) is 48.5 Å². The lowest BCUT2D eigenvalue weighted by atomic mass is 10.4. The molecule has 4 atom stereocenters. The second-order valence-corrected chi connectivity index (χ2v) is 17.7.